The molecule has 0 aromatic heterocycles. The molecule has 1 heteroatoms. The first kappa shape index (κ1) is 32.4. The molecule has 0 spiro atoms. The smallest absolute Gasteiger partial charge is 0.0384 e. The van der Waals surface area contributed by atoms with Gasteiger partial charge in [-0.15, -0.1) is 0 Å². The van der Waals surface area contributed by atoms with E-state index in [1.165, 1.54) is 104 Å². The molecule has 0 amide bonds. The monoisotopic (exact) mass is 637 g/mol. The van der Waals surface area contributed by atoms with Crippen molar-refractivity contribution >= 4 is 32.9 Å². The topological polar surface area (TPSA) is 12.0 Å². The lowest BCUT2D eigenvalue weighted by Crippen LogP contribution is -2.00. The fraction of sp³-hybridized carbons (Fsp3) is 0.208. The quantitative estimate of drug-likeness (QED) is 0.131. The van der Waals surface area contributed by atoms with Crippen molar-refractivity contribution < 1.29 is 0 Å². The Morgan fingerprint density at radius 3 is 1.67 bits per heavy atom. The Hall–Kier alpha value is -5.14. The predicted octanol–water partition coefficient (Wildman–Crippen LogP) is 14.1. The van der Waals surface area contributed by atoms with Crippen molar-refractivity contribution in [3.05, 3.63) is 156 Å². The van der Waals surface area contributed by atoms with Crippen LogP contribution in [0.3, 0.4) is 0 Å². The van der Waals surface area contributed by atoms with E-state index < -0.39 is 0 Å². The summed E-state index contributed by atoms with van der Waals surface area (Å²) in [5.41, 5.74) is 14.3. The molecule has 1 nitrogen and oxygen atoms in total. The minimum absolute atomic E-state index is 1.08. The Morgan fingerprint density at radius 2 is 1.00 bits per heavy atom. The fourth-order valence-corrected chi connectivity index (χ4v) is 7.31. The van der Waals surface area contributed by atoms with Crippen molar-refractivity contribution in [2.45, 2.75) is 65.7 Å². The van der Waals surface area contributed by atoms with Gasteiger partial charge in [-0.25, -0.2) is 0 Å². The summed E-state index contributed by atoms with van der Waals surface area (Å²) in [7, 11) is 0. The van der Waals surface area contributed by atoms with Crippen molar-refractivity contribution in [3.63, 3.8) is 0 Å². The first-order valence-corrected chi connectivity index (χ1v) is 18.2. The summed E-state index contributed by atoms with van der Waals surface area (Å²) in [6.07, 6.45) is 8.23. The molecule has 0 heterocycles. The molecule has 7 aromatic rings. The van der Waals surface area contributed by atoms with Crippen LogP contribution in [0.2, 0.25) is 0 Å². The van der Waals surface area contributed by atoms with E-state index in [0.29, 0.717) is 0 Å². The number of aryl methyl sites for hydroxylation is 3. The third-order valence-corrected chi connectivity index (χ3v) is 10.00. The molecule has 0 saturated heterocycles. The highest BCUT2D eigenvalue weighted by atomic mass is 14.9. The van der Waals surface area contributed by atoms with Gasteiger partial charge in [0.15, 0.2) is 0 Å². The van der Waals surface area contributed by atoms with Crippen LogP contribution < -0.4 is 5.32 Å². The van der Waals surface area contributed by atoms with Gasteiger partial charge in [0.2, 0.25) is 0 Å². The van der Waals surface area contributed by atoms with E-state index in [9.17, 15) is 0 Å². The second kappa shape index (κ2) is 15.0. The Bertz CT molecular complexity index is 2170. The fourth-order valence-electron chi connectivity index (χ4n) is 7.31. The highest BCUT2D eigenvalue weighted by Gasteiger charge is 2.19. The SMILES string of the molecule is CCCCCc1cc(-c2ccc(Nc3ccc(-c4ccc(C)cc4)cc3)cc2)c2ccccc2c1-c1c(CCCC)ccc2ccccc12. The molecular weight excluding hydrogens is 591 g/mol. The number of hydrogen-bond donors (Lipinski definition) is 1. The summed E-state index contributed by atoms with van der Waals surface area (Å²) in [5.74, 6) is 0. The van der Waals surface area contributed by atoms with Gasteiger partial charge >= 0.3 is 0 Å². The lowest BCUT2D eigenvalue weighted by molar-refractivity contribution is 0.718. The number of rotatable bonds is 12. The molecule has 0 atom stereocenters. The van der Waals surface area contributed by atoms with Gasteiger partial charge in [-0.05, 0) is 129 Å². The number of benzene rings is 7. The lowest BCUT2D eigenvalue weighted by Gasteiger charge is -2.22. The molecule has 1 N–H and O–H groups in total. The van der Waals surface area contributed by atoms with Gasteiger partial charge in [0.05, 0.1) is 0 Å². The first-order valence-electron chi connectivity index (χ1n) is 18.2. The maximum absolute atomic E-state index is 3.62. The zero-order chi connectivity index (χ0) is 33.6. The number of fused-ring (bicyclic) bond motifs is 2. The molecule has 244 valence electrons. The predicted molar refractivity (Wildman–Crippen MR) is 214 cm³/mol. The van der Waals surface area contributed by atoms with Gasteiger partial charge in [-0.3, -0.25) is 0 Å². The van der Waals surface area contributed by atoms with Crippen molar-refractivity contribution in [1.82, 2.24) is 0 Å². The van der Waals surface area contributed by atoms with Crippen LogP contribution in [-0.4, -0.2) is 0 Å². The van der Waals surface area contributed by atoms with Gasteiger partial charge < -0.3 is 5.32 Å². The van der Waals surface area contributed by atoms with Gasteiger partial charge in [-0.2, -0.15) is 0 Å². The van der Waals surface area contributed by atoms with Crippen LogP contribution >= 0.6 is 0 Å². The van der Waals surface area contributed by atoms with Crippen LogP contribution in [0.5, 0.6) is 0 Å². The third-order valence-electron chi connectivity index (χ3n) is 10.00. The molecule has 0 saturated carbocycles. The molecule has 0 unspecified atom stereocenters. The van der Waals surface area contributed by atoms with Crippen LogP contribution in [-0.2, 0) is 12.8 Å². The first-order chi connectivity index (χ1) is 24.1. The molecule has 7 aromatic carbocycles. The Labute approximate surface area is 292 Å². The van der Waals surface area contributed by atoms with Gasteiger partial charge in [0.25, 0.3) is 0 Å². The maximum atomic E-state index is 3.62. The lowest BCUT2D eigenvalue weighted by atomic mass is 9.82. The normalized spacial score (nSPS) is 11.3. The van der Waals surface area contributed by atoms with E-state index in [2.05, 4.69) is 166 Å². The summed E-state index contributed by atoms with van der Waals surface area (Å²) in [4.78, 5) is 0. The van der Waals surface area contributed by atoms with Crippen molar-refractivity contribution in [2.75, 3.05) is 5.32 Å². The molecule has 0 radical (unpaired) electrons. The van der Waals surface area contributed by atoms with Crippen molar-refractivity contribution in [1.29, 1.82) is 0 Å². The zero-order valence-corrected chi connectivity index (χ0v) is 29.2. The van der Waals surface area contributed by atoms with E-state index in [0.717, 1.165) is 24.2 Å². The number of hydrogen-bond acceptors (Lipinski definition) is 1. The highest BCUT2D eigenvalue weighted by Crippen LogP contribution is 2.44. The standard InChI is InChI=1S/C48H47N/c1-4-6-8-15-40-33-46(38-27-31-42(32-28-38)49-41-29-25-36(26-30-41)35-21-19-34(3)20-22-35)44-17-11-12-18-45(44)48(40)47-39(13-7-5-2)24-23-37-14-9-10-16-43(37)47/h9-12,14,16-33,49H,4-8,13,15H2,1-3H3. The molecule has 7 rings (SSSR count). The largest absolute Gasteiger partial charge is 0.356 e. The summed E-state index contributed by atoms with van der Waals surface area (Å²) in [6, 6.07) is 51.8. The van der Waals surface area contributed by atoms with Crippen LogP contribution in [0.15, 0.2) is 140 Å². The van der Waals surface area contributed by atoms with E-state index in [4.69, 9.17) is 0 Å². The average Bonchev–Trinajstić information content (AvgIpc) is 3.15. The molecule has 0 aliphatic rings. The van der Waals surface area contributed by atoms with Gasteiger partial charge in [0, 0.05) is 11.4 Å². The van der Waals surface area contributed by atoms with Crippen LogP contribution in [0, 0.1) is 6.92 Å². The van der Waals surface area contributed by atoms with Crippen LogP contribution in [0.4, 0.5) is 11.4 Å². The van der Waals surface area contributed by atoms with Crippen LogP contribution in [0.1, 0.15) is 62.6 Å². The van der Waals surface area contributed by atoms with Crippen molar-refractivity contribution in [2.24, 2.45) is 0 Å². The van der Waals surface area contributed by atoms with Crippen molar-refractivity contribution in [3.8, 4) is 33.4 Å². The minimum Gasteiger partial charge on any atom is -0.356 e. The summed E-state index contributed by atoms with van der Waals surface area (Å²) >= 11 is 0. The summed E-state index contributed by atoms with van der Waals surface area (Å²) in [6.45, 7) is 6.72. The Balaban J connectivity index is 1.28. The molecule has 49 heavy (non-hydrogen) atoms. The summed E-state index contributed by atoms with van der Waals surface area (Å²) in [5, 5.41) is 8.99. The molecule has 0 aliphatic carbocycles. The highest BCUT2D eigenvalue weighted by molar-refractivity contribution is 6.11. The minimum atomic E-state index is 1.08. The second-order valence-electron chi connectivity index (χ2n) is 13.5. The second-order valence-corrected chi connectivity index (χ2v) is 13.5. The molecule has 0 fully saturated rings. The Kier molecular flexibility index (Phi) is 9.89. The number of nitrogens with one attached hydrogen (secondary N) is 1. The molecule has 0 aliphatic heterocycles. The summed E-state index contributed by atoms with van der Waals surface area (Å²) < 4.78 is 0. The maximum Gasteiger partial charge on any atom is 0.0384 e. The molecular formula is C48H47N. The van der Waals surface area contributed by atoms with Gasteiger partial charge in [-0.1, -0.05) is 148 Å². The average molecular weight is 638 g/mol. The van der Waals surface area contributed by atoms with E-state index >= 15 is 0 Å². The van der Waals surface area contributed by atoms with E-state index in [1.54, 1.807) is 0 Å². The van der Waals surface area contributed by atoms with Gasteiger partial charge in [0.1, 0.15) is 0 Å². The van der Waals surface area contributed by atoms with E-state index in [-0.39, 0.29) is 0 Å². The third kappa shape index (κ3) is 7.03. The van der Waals surface area contributed by atoms with E-state index in [1.807, 2.05) is 0 Å². The number of unbranched alkanes of at least 4 members (excludes halogenated alkanes) is 3. The Morgan fingerprint density at radius 1 is 0.449 bits per heavy atom. The number of anilines is 2. The van der Waals surface area contributed by atoms with Crippen LogP contribution in [0.25, 0.3) is 54.9 Å². The zero-order valence-electron chi connectivity index (χ0n) is 29.2. The molecule has 0 bridgehead atoms.